The molecule has 6 nitrogen and oxygen atoms in total. The van der Waals surface area contributed by atoms with Gasteiger partial charge in [-0.15, -0.1) is 0 Å². The highest BCUT2D eigenvalue weighted by molar-refractivity contribution is 5.99. The van der Waals surface area contributed by atoms with Crippen molar-refractivity contribution in [1.29, 1.82) is 0 Å². The van der Waals surface area contributed by atoms with Crippen molar-refractivity contribution in [3.8, 4) is 0 Å². The molecule has 1 N–H and O–H groups in total. The summed E-state index contributed by atoms with van der Waals surface area (Å²) in [6, 6.07) is 7.09. The van der Waals surface area contributed by atoms with Gasteiger partial charge in [0.05, 0.1) is 12.2 Å². The Balaban J connectivity index is 1.69. The molecule has 2 aliphatic heterocycles. The van der Waals surface area contributed by atoms with E-state index in [9.17, 15) is 9.18 Å². The van der Waals surface area contributed by atoms with Crippen LogP contribution in [0.5, 0.6) is 0 Å². The Morgan fingerprint density at radius 1 is 1.25 bits per heavy atom. The van der Waals surface area contributed by atoms with Crippen molar-refractivity contribution in [3.05, 3.63) is 59.2 Å². The van der Waals surface area contributed by atoms with E-state index in [1.165, 1.54) is 6.07 Å². The number of aromatic nitrogens is 3. The Hall–Kier alpha value is -2.96. The van der Waals surface area contributed by atoms with Crippen molar-refractivity contribution in [3.63, 3.8) is 0 Å². The van der Waals surface area contributed by atoms with E-state index in [0.29, 0.717) is 11.2 Å². The van der Waals surface area contributed by atoms with Crippen LogP contribution >= 0.6 is 0 Å². The highest BCUT2D eigenvalue weighted by Gasteiger charge is 2.30. The molecule has 5 rings (SSSR count). The molecule has 2 aliphatic rings. The number of hydrogen-bond acceptors (Lipinski definition) is 4. The third kappa shape index (κ3) is 2.82. The van der Waals surface area contributed by atoms with Crippen LogP contribution in [0.15, 0.2) is 36.7 Å². The van der Waals surface area contributed by atoms with Crippen LogP contribution in [-0.2, 0) is 6.42 Å². The van der Waals surface area contributed by atoms with Gasteiger partial charge < -0.3 is 10.2 Å². The van der Waals surface area contributed by atoms with E-state index < -0.39 is 0 Å². The second-order valence-electron chi connectivity index (χ2n) is 7.72. The van der Waals surface area contributed by atoms with Crippen LogP contribution in [-0.4, -0.2) is 33.1 Å². The van der Waals surface area contributed by atoms with Crippen LogP contribution in [0.4, 0.5) is 10.2 Å². The zero-order valence-corrected chi connectivity index (χ0v) is 15.7. The van der Waals surface area contributed by atoms with Gasteiger partial charge in [-0.1, -0.05) is 6.07 Å². The minimum Gasteiger partial charge on any atom is -0.349 e. The summed E-state index contributed by atoms with van der Waals surface area (Å²) in [6.45, 7) is 2.85. The molecule has 2 aromatic heterocycles. The lowest BCUT2D eigenvalue weighted by atomic mass is 9.94. The van der Waals surface area contributed by atoms with Crippen LogP contribution in [0.3, 0.4) is 0 Å². The minimum atomic E-state index is -0.210. The molecule has 144 valence electrons. The number of carbonyl (C=O) groups is 1. The van der Waals surface area contributed by atoms with E-state index in [1.807, 2.05) is 25.3 Å². The van der Waals surface area contributed by atoms with Gasteiger partial charge in [0.2, 0.25) is 0 Å². The zero-order chi connectivity index (χ0) is 19.3. The van der Waals surface area contributed by atoms with Crippen molar-refractivity contribution in [2.75, 3.05) is 11.4 Å². The Labute approximate surface area is 162 Å². The maximum absolute atomic E-state index is 14.1. The van der Waals surface area contributed by atoms with Crippen molar-refractivity contribution in [1.82, 2.24) is 19.9 Å². The quantitative estimate of drug-likeness (QED) is 0.651. The van der Waals surface area contributed by atoms with E-state index in [4.69, 9.17) is 4.98 Å². The Bertz CT molecular complexity index is 1060. The first-order valence-electron chi connectivity index (χ1n) is 9.80. The molecule has 0 saturated carbocycles. The summed E-state index contributed by atoms with van der Waals surface area (Å²) in [6.07, 6.45) is 6.96. The average Bonchev–Trinajstić information content (AvgIpc) is 3.32. The number of rotatable bonds is 0. The molecule has 0 spiro atoms. The summed E-state index contributed by atoms with van der Waals surface area (Å²) >= 11 is 0. The summed E-state index contributed by atoms with van der Waals surface area (Å²) < 4.78 is 15.7. The molecular weight excluding hydrogens is 357 g/mol. The number of nitrogens with zero attached hydrogens (tertiary/aromatic N) is 4. The molecule has 2 unspecified atom stereocenters. The van der Waals surface area contributed by atoms with Crippen molar-refractivity contribution >= 4 is 17.4 Å². The Morgan fingerprint density at radius 2 is 2.14 bits per heavy atom. The standard InChI is InChI=1S/C21H22FN5O/c1-13-4-5-14-6-7-15(22)11-16(14)18-3-2-9-26(18)19-8-10-27-20(25-19)17(12-23-27)21(28)24-13/h6-8,10-13,18H,2-5,9H2,1H3,(H,24,28). The van der Waals surface area contributed by atoms with Crippen molar-refractivity contribution in [2.24, 2.45) is 0 Å². The Kier molecular flexibility index (Phi) is 4.03. The summed E-state index contributed by atoms with van der Waals surface area (Å²) in [7, 11) is 0. The fraction of sp³-hybridized carbons (Fsp3) is 0.381. The molecule has 2 bridgehead atoms. The van der Waals surface area contributed by atoms with Gasteiger partial charge in [0.1, 0.15) is 17.2 Å². The van der Waals surface area contributed by atoms with Gasteiger partial charge in [0.25, 0.3) is 5.91 Å². The number of nitrogens with one attached hydrogen (secondary N) is 1. The molecule has 28 heavy (non-hydrogen) atoms. The van der Waals surface area contributed by atoms with Crippen LogP contribution in [0.2, 0.25) is 0 Å². The third-order valence-electron chi connectivity index (χ3n) is 5.84. The number of carbonyl (C=O) groups excluding carboxylic acids is 1. The van der Waals surface area contributed by atoms with Crippen molar-refractivity contribution in [2.45, 2.75) is 44.7 Å². The highest BCUT2D eigenvalue weighted by atomic mass is 19.1. The molecule has 1 aromatic carbocycles. The summed E-state index contributed by atoms with van der Waals surface area (Å²) in [4.78, 5) is 19.8. The number of hydrogen-bond donors (Lipinski definition) is 1. The fourth-order valence-corrected chi connectivity index (χ4v) is 4.39. The van der Waals surface area contributed by atoms with Crippen molar-refractivity contribution < 1.29 is 9.18 Å². The number of amides is 1. The lowest BCUT2D eigenvalue weighted by Crippen LogP contribution is -2.33. The lowest BCUT2D eigenvalue weighted by Gasteiger charge is -2.28. The third-order valence-corrected chi connectivity index (χ3v) is 5.84. The van der Waals surface area contributed by atoms with E-state index in [2.05, 4.69) is 15.3 Å². The van der Waals surface area contributed by atoms with Crippen LogP contribution in [0, 0.1) is 5.82 Å². The zero-order valence-electron chi connectivity index (χ0n) is 15.7. The normalized spacial score (nSPS) is 22.2. The van der Waals surface area contributed by atoms with Crippen LogP contribution in [0.1, 0.15) is 53.7 Å². The number of fused-ring (bicyclic) bond motifs is 5. The van der Waals surface area contributed by atoms with Crippen LogP contribution in [0.25, 0.3) is 5.65 Å². The highest BCUT2D eigenvalue weighted by Crippen LogP contribution is 2.37. The molecule has 0 aliphatic carbocycles. The number of anilines is 1. The second kappa shape index (κ2) is 6.58. The largest absolute Gasteiger partial charge is 0.349 e. The number of aryl methyl sites for hydroxylation is 1. The molecule has 1 saturated heterocycles. The van der Waals surface area contributed by atoms with E-state index in [0.717, 1.165) is 49.2 Å². The lowest BCUT2D eigenvalue weighted by molar-refractivity contribution is 0.0940. The summed E-state index contributed by atoms with van der Waals surface area (Å²) in [5, 5.41) is 7.31. The molecule has 0 radical (unpaired) electrons. The van der Waals surface area contributed by atoms with E-state index >= 15 is 0 Å². The van der Waals surface area contributed by atoms with Gasteiger partial charge in [-0.05, 0) is 61.9 Å². The predicted octanol–water partition coefficient (Wildman–Crippen LogP) is 3.27. The van der Waals surface area contributed by atoms with Gasteiger partial charge in [-0.25, -0.2) is 13.9 Å². The first-order chi connectivity index (χ1) is 13.6. The molecule has 1 fully saturated rings. The number of halogens is 1. The average molecular weight is 379 g/mol. The molecule has 1 amide bonds. The molecule has 7 heteroatoms. The minimum absolute atomic E-state index is 0.0102. The SMILES string of the molecule is CC1CCc2ccc(F)cc2C2CCCN2c2ccn3ncc(c3n2)C(=O)N1. The summed E-state index contributed by atoms with van der Waals surface area (Å²) in [5.74, 6) is 0.425. The smallest absolute Gasteiger partial charge is 0.256 e. The Morgan fingerprint density at radius 3 is 3.04 bits per heavy atom. The van der Waals surface area contributed by atoms with E-state index in [-0.39, 0.29) is 23.8 Å². The van der Waals surface area contributed by atoms with Gasteiger partial charge in [0.15, 0.2) is 5.65 Å². The molecular formula is C21H22FN5O. The van der Waals surface area contributed by atoms with Crippen LogP contribution < -0.4 is 10.2 Å². The first-order valence-corrected chi connectivity index (χ1v) is 9.80. The maximum Gasteiger partial charge on any atom is 0.256 e. The summed E-state index contributed by atoms with van der Waals surface area (Å²) in [5.41, 5.74) is 3.20. The first kappa shape index (κ1) is 17.2. The molecule has 3 aromatic rings. The van der Waals surface area contributed by atoms with E-state index in [1.54, 1.807) is 16.8 Å². The topological polar surface area (TPSA) is 62.5 Å². The molecule has 2 atom stereocenters. The van der Waals surface area contributed by atoms with Gasteiger partial charge >= 0.3 is 0 Å². The molecule has 4 heterocycles. The number of benzene rings is 1. The van der Waals surface area contributed by atoms with Gasteiger partial charge in [0, 0.05) is 18.8 Å². The van der Waals surface area contributed by atoms with Gasteiger partial charge in [-0.2, -0.15) is 5.10 Å². The predicted molar refractivity (Wildman–Crippen MR) is 104 cm³/mol. The maximum atomic E-state index is 14.1. The second-order valence-corrected chi connectivity index (χ2v) is 7.72. The van der Waals surface area contributed by atoms with Gasteiger partial charge in [-0.3, -0.25) is 4.79 Å². The monoisotopic (exact) mass is 379 g/mol. The fourth-order valence-electron chi connectivity index (χ4n) is 4.39.